The normalized spacial score (nSPS) is 13.8. The summed E-state index contributed by atoms with van der Waals surface area (Å²) in [5.74, 6) is 0.0622. The van der Waals surface area contributed by atoms with E-state index in [9.17, 15) is 9.13 Å². The molecule has 0 aliphatic carbocycles. The first-order chi connectivity index (χ1) is 7.52. The Morgan fingerprint density at radius 1 is 1.12 bits per heavy atom. The Kier molecular flexibility index (Phi) is 12.4. The van der Waals surface area contributed by atoms with Gasteiger partial charge in [-0.15, -0.1) is 23.2 Å². The average molecular weight is 396 g/mol. The lowest BCUT2D eigenvalue weighted by Gasteiger charge is -2.05. The first-order valence-corrected chi connectivity index (χ1v) is 10.1. The van der Waals surface area contributed by atoms with Crippen molar-refractivity contribution in [2.75, 3.05) is 23.5 Å². The van der Waals surface area contributed by atoms with E-state index in [-0.39, 0.29) is 18.2 Å². The average Bonchev–Trinajstić information content (AvgIpc) is 2.12. The highest BCUT2D eigenvalue weighted by atomic mass is 79.9. The molecule has 0 heterocycles. The summed E-state index contributed by atoms with van der Waals surface area (Å²) in [6, 6.07) is 0. The molecule has 0 amide bonds. The number of hydrogen-bond donors (Lipinski definition) is 4. The lowest BCUT2D eigenvalue weighted by Crippen LogP contribution is -2.06. The molecule has 6 nitrogen and oxygen atoms in total. The maximum absolute atomic E-state index is 10.2. The van der Waals surface area contributed by atoms with E-state index in [1.165, 1.54) is 0 Å². The van der Waals surface area contributed by atoms with Gasteiger partial charge in [0.05, 0.1) is 17.7 Å². The molecule has 4 N–H and O–H groups in total. The van der Waals surface area contributed by atoms with E-state index < -0.39 is 20.6 Å². The van der Waals surface area contributed by atoms with Gasteiger partial charge in [-0.25, -0.2) is 0 Å². The van der Waals surface area contributed by atoms with Crippen LogP contribution in [0.1, 0.15) is 6.42 Å². The van der Waals surface area contributed by atoms with Crippen LogP contribution in [-0.2, 0) is 9.13 Å². The van der Waals surface area contributed by atoms with Crippen LogP contribution in [0.25, 0.3) is 0 Å². The van der Waals surface area contributed by atoms with Crippen LogP contribution in [0.5, 0.6) is 0 Å². The predicted octanol–water partition coefficient (Wildman–Crippen LogP) is 1.96. The molecule has 0 aromatic rings. The van der Waals surface area contributed by atoms with Crippen molar-refractivity contribution in [3.8, 4) is 0 Å². The van der Waals surface area contributed by atoms with Gasteiger partial charge in [-0.05, 0) is 6.42 Å². The van der Waals surface area contributed by atoms with E-state index >= 15 is 0 Å². The van der Waals surface area contributed by atoms with E-state index in [1.54, 1.807) is 0 Å². The Balaban J connectivity index is 0. The van der Waals surface area contributed by atoms with Crippen molar-refractivity contribution < 1.29 is 28.7 Å². The highest BCUT2D eigenvalue weighted by Gasteiger charge is 2.18. The van der Waals surface area contributed by atoms with E-state index in [1.807, 2.05) is 0 Å². The van der Waals surface area contributed by atoms with Crippen molar-refractivity contribution >= 4 is 54.3 Å². The zero-order chi connectivity index (χ0) is 14.1. The molecule has 11 heteroatoms. The summed E-state index contributed by atoms with van der Waals surface area (Å²) in [4.78, 5) is 33.1. The van der Waals surface area contributed by atoms with Crippen LogP contribution >= 0.6 is 54.3 Å². The van der Waals surface area contributed by atoms with Gasteiger partial charge in [-0.1, -0.05) is 15.9 Å². The van der Waals surface area contributed by atoms with Gasteiger partial charge in [0.2, 0.25) is 0 Å². The fraction of sp³-hybridized carbons (Fsp3) is 1.00. The Bertz CT molecular complexity index is 280. The minimum Gasteiger partial charge on any atom is -0.324 e. The van der Waals surface area contributed by atoms with Crippen LogP contribution in [0, 0.1) is 0 Å². The highest BCUT2D eigenvalue weighted by molar-refractivity contribution is 9.09. The van der Waals surface area contributed by atoms with Gasteiger partial charge in [0.25, 0.3) is 0 Å². The monoisotopic (exact) mass is 394 g/mol. The fourth-order valence-corrected chi connectivity index (χ4v) is 3.30. The molecule has 0 aromatic carbocycles. The molecule has 1 atom stereocenters. The number of hydrogen-bond acceptors (Lipinski definition) is 2. The molecule has 0 radical (unpaired) electrons. The smallest absolute Gasteiger partial charge is 0.324 e. The van der Waals surface area contributed by atoms with Gasteiger partial charge in [0.1, 0.15) is 0 Å². The molecule has 106 valence electrons. The largest absolute Gasteiger partial charge is 0.327 e. The van der Waals surface area contributed by atoms with E-state index in [2.05, 4.69) is 15.9 Å². The number of halogens is 3. The minimum atomic E-state index is -3.95. The highest BCUT2D eigenvalue weighted by Crippen LogP contribution is 2.36. The Morgan fingerprint density at radius 3 is 1.71 bits per heavy atom. The Morgan fingerprint density at radius 2 is 1.59 bits per heavy atom. The third kappa shape index (κ3) is 22.9. The van der Waals surface area contributed by atoms with Crippen LogP contribution < -0.4 is 0 Å². The van der Waals surface area contributed by atoms with E-state index in [4.69, 9.17) is 42.8 Å². The predicted molar refractivity (Wildman–Crippen MR) is 72.6 cm³/mol. The van der Waals surface area contributed by atoms with Crippen LogP contribution in [0.15, 0.2) is 0 Å². The molecule has 0 aromatic heterocycles. The first kappa shape index (κ1) is 20.7. The molecule has 0 aliphatic rings. The molecule has 0 spiro atoms. The third-order valence-corrected chi connectivity index (χ3v) is 4.62. The van der Waals surface area contributed by atoms with Crippen LogP contribution in [0.4, 0.5) is 0 Å². The van der Waals surface area contributed by atoms with Gasteiger partial charge < -0.3 is 19.6 Å². The maximum Gasteiger partial charge on any atom is 0.327 e. The summed E-state index contributed by atoms with van der Waals surface area (Å²) in [6.07, 6.45) is 0.167. The quantitative estimate of drug-likeness (QED) is 0.403. The second-order valence-corrected chi connectivity index (χ2v) is 8.22. The van der Waals surface area contributed by atoms with Crippen molar-refractivity contribution in [2.45, 2.75) is 11.8 Å². The minimum absolute atomic E-state index is 0.0156. The van der Waals surface area contributed by atoms with Gasteiger partial charge >= 0.3 is 15.2 Å². The van der Waals surface area contributed by atoms with Crippen LogP contribution in [0.3, 0.4) is 0 Å². The lowest BCUT2D eigenvalue weighted by molar-refractivity contribution is 0.370. The van der Waals surface area contributed by atoms with Crippen LogP contribution in [-0.4, -0.2) is 48.5 Å². The van der Waals surface area contributed by atoms with Crippen molar-refractivity contribution in [1.29, 1.82) is 0 Å². The second-order valence-electron chi connectivity index (χ2n) is 3.03. The molecule has 1 unspecified atom stereocenters. The molecule has 0 rings (SSSR count). The summed E-state index contributed by atoms with van der Waals surface area (Å²) in [6.45, 7) is 0. The van der Waals surface area contributed by atoms with Crippen molar-refractivity contribution in [3.05, 3.63) is 0 Å². The van der Waals surface area contributed by atoms with Crippen molar-refractivity contribution in [1.82, 2.24) is 0 Å². The molecule has 0 saturated carbocycles. The molecule has 0 fully saturated rings. The van der Waals surface area contributed by atoms with Gasteiger partial charge in [-0.3, -0.25) is 9.13 Å². The zero-order valence-electron chi connectivity index (χ0n) is 8.75. The molecule has 0 saturated heterocycles. The summed E-state index contributed by atoms with van der Waals surface area (Å²) in [5, 5.41) is 0.0190. The molecule has 0 aliphatic heterocycles. The summed E-state index contributed by atoms with van der Waals surface area (Å²) >= 11 is 13.6. The van der Waals surface area contributed by atoms with E-state index in [0.29, 0.717) is 11.8 Å². The molecular weight excluding hydrogens is 381 g/mol. The zero-order valence-corrected chi connectivity index (χ0v) is 13.6. The van der Waals surface area contributed by atoms with E-state index in [0.717, 1.165) is 0 Å². The van der Waals surface area contributed by atoms with Crippen molar-refractivity contribution in [2.24, 2.45) is 0 Å². The topological polar surface area (TPSA) is 115 Å². The second kappa shape index (κ2) is 10.2. The first-order valence-electron chi connectivity index (χ1n) is 4.37. The summed E-state index contributed by atoms with van der Waals surface area (Å²) in [7, 11) is -7.67. The Hall–Kier alpha value is 1.36. The third-order valence-electron chi connectivity index (χ3n) is 1.19. The summed E-state index contributed by atoms with van der Waals surface area (Å²) < 4.78 is 20.2. The molecular formula is C6H15BrCl2O6P2. The van der Waals surface area contributed by atoms with Gasteiger partial charge in [-0.2, -0.15) is 0 Å². The summed E-state index contributed by atoms with van der Waals surface area (Å²) in [5.41, 5.74) is 0. The number of rotatable bonds is 6. The molecule has 0 bridgehead atoms. The molecule has 17 heavy (non-hydrogen) atoms. The SMILES string of the molecule is O=P(O)(O)CC(Cl)CCl.O=P(O)(O)CCCBr. The van der Waals surface area contributed by atoms with Crippen molar-refractivity contribution in [3.63, 3.8) is 0 Å². The van der Waals surface area contributed by atoms with Gasteiger partial charge in [0.15, 0.2) is 0 Å². The van der Waals surface area contributed by atoms with Crippen LogP contribution in [0.2, 0.25) is 0 Å². The Labute approximate surface area is 118 Å². The maximum atomic E-state index is 10.2. The standard InChI is InChI=1S/C3H8BrO3P.C3H7Cl2O3P/c4-2-1-3-8(5,6)7;4-1-3(5)2-9(6,7)8/h1-3H2,(H2,5,6,7);3H,1-2H2,(H2,6,7,8). The fourth-order valence-electron chi connectivity index (χ4n) is 0.573. The lowest BCUT2D eigenvalue weighted by atomic mass is 10.6. The number of alkyl halides is 3. The van der Waals surface area contributed by atoms with Gasteiger partial charge in [0, 0.05) is 11.2 Å².